The molecule has 1 aromatic heterocycles. The van der Waals surface area contributed by atoms with Gasteiger partial charge in [0.15, 0.2) is 0 Å². The molecule has 1 heterocycles. The van der Waals surface area contributed by atoms with Gasteiger partial charge in [-0.25, -0.2) is 8.42 Å². The number of nitrogen functional groups attached to an aromatic ring is 1. The van der Waals surface area contributed by atoms with Crippen molar-refractivity contribution in [2.75, 3.05) is 16.6 Å². The molecule has 0 bridgehead atoms. The molecule has 2 aromatic carbocycles. The van der Waals surface area contributed by atoms with Crippen molar-refractivity contribution >= 4 is 50.8 Å². The van der Waals surface area contributed by atoms with E-state index in [2.05, 4.69) is 0 Å². The molecule has 0 saturated heterocycles. The number of sulfonamides is 1. The molecule has 3 aromatic rings. The van der Waals surface area contributed by atoms with Gasteiger partial charge in [0.05, 0.1) is 11.4 Å². The van der Waals surface area contributed by atoms with Gasteiger partial charge in [-0.2, -0.15) is 0 Å². The molecule has 0 aliphatic heterocycles. The van der Waals surface area contributed by atoms with Crippen molar-refractivity contribution < 1.29 is 18.3 Å². The SMILES string of the molecule is CCCS(=O)(=O)N(CC(=O)O)c1ccc2c(c1)cc(Cc1ccc(C(=N)N)cc1)n2C.Cl. The third kappa shape index (κ3) is 5.41. The number of carboxylic acids is 1. The fraction of sp³-hybridized carbons (Fsp3) is 0.273. The number of anilines is 1. The second-order valence-electron chi connectivity index (χ2n) is 7.44. The maximum atomic E-state index is 12.6. The largest absolute Gasteiger partial charge is 0.480 e. The van der Waals surface area contributed by atoms with Crippen molar-refractivity contribution in [3.8, 4) is 0 Å². The third-order valence-electron chi connectivity index (χ3n) is 5.14. The number of benzene rings is 2. The number of halogens is 1. The number of hydrogen-bond donors (Lipinski definition) is 3. The van der Waals surface area contributed by atoms with Crippen LogP contribution >= 0.6 is 12.4 Å². The number of carbonyl (C=O) groups is 1. The van der Waals surface area contributed by atoms with E-state index in [1.165, 1.54) is 0 Å². The molecule has 0 fully saturated rings. The minimum atomic E-state index is -3.73. The molecule has 0 amide bonds. The smallest absolute Gasteiger partial charge is 0.324 e. The highest BCUT2D eigenvalue weighted by Crippen LogP contribution is 2.28. The molecule has 0 saturated carbocycles. The average molecular weight is 479 g/mol. The summed E-state index contributed by atoms with van der Waals surface area (Å²) in [6.45, 7) is 1.13. The quantitative estimate of drug-likeness (QED) is 0.321. The van der Waals surface area contributed by atoms with Crippen LogP contribution < -0.4 is 10.0 Å². The standard InChI is InChI=1S/C22H26N4O4S.ClH/c1-3-10-31(29,30)26(14-21(27)28)18-8-9-20-17(12-18)13-19(25(20)2)11-15-4-6-16(7-5-15)22(23)24;/h4-9,12-13H,3,10-11,14H2,1-2H3,(H3,23,24)(H,27,28);1H. The molecule has 4 N–H and O–H groups in total. The fourth-order valence-electron chi connectivity index (χ4n) is 3.57. The van der Waals surface area contributed by atoms with Crippen LogP contribution in [0.25, 0.3) is 10.9 Å². The van der Waals surface area contributed by atoms with Crippen LogP contribution in [0.2, 0.25) is 0 Å². The summed E-state index contributed by atoms with van der Waals surface area (Å²) < 4.78 is 28.2. The van der Waals surface area contributed by atoms with Crippen LogP contribution in [0, 0.1) is 5.41 Å². The summed E-state index contributed by atoms with van der Waals surface area (Å²) in [5.74, 6) is -1.30. The lowest BCUT2D eigenvalue weighted by Gasteiger charge is -2.22. The molecule has 0 radical (unpaired) electrons. The minimum Gasteiger partial charge on any atom is -0.480 e. The van der Waals surface area contributed by atoms with Gasteiger partial charge in [-0.1, -0.05) is 31.2 Å². The molecule has 10 heteroatoms. The van der Waals surface area contributed by atoms with Gasteiger partial charge in [0.25, 0.3) is 0 Å². The van der Waals surface area contributed by atoms with E-state index in [0.717, 1.165) is 26.5 Å². The van der Waals surface area contributed by atoms with Crippen LogP contribution in [0.1, 0.15) is 30.2 Å². The Hall–Kier alpha value is -3.04. The number of nitrogens with two attached hydrogens (primary N) is 1. The topological polar surface area (TPSA) is 129 Å². The lowest BCUT2D eigenvalue weighted by molar-refractivity contribution is -0.135. The van der Waals surface area contributed by atoms with Crippen LogP contribution in [0.3, 0.4) is 0 Å². The van der Waals surface area contributed by atoms with Crippen molar-refractivity contribution in [2.24, 2.45) is 12.8 Å². The third-order valence-corrected chi connectivity index (χ3v) is 7.08. The van der Waals surface area contributed by atoms with E-state index >= 15 is 0 Å². The monoisotopic (exact) mass is 478 g/mol. The number of fused-ring (bicyclic) bond motifs is 1. The Labute approximate surface area is 193 Å². The summed E-state index contributed by atoms with van der Waals surface area (Å²) in [7, 11) is -1.80. The molecule has 0 aliphatic rings. The van der Waals surface area contributed by atoms with Gasteiger partial charge in [0.1, 0.15) is 12.4 Å². The molecule has 32 heavy (non-hydrogen) atoms. The zero-order chi connectivity index (χ0) is 22.8. The molecule has 3 rings (SSSR count). The average Bonchev–Trinajstić information content (AvgIpc) is 3.01. The number of aliphatic carboxylic acids is 1. The van der Waals surface area contributed by atoms with E-state index in [9.17, 15) is 18.3 Å². The Bertz CT molecular complexity index is 1240. The van der Waals surface area contributed by atoms with E-state index in [-0.39, 0.29) is 24.0 Å². The molecule has 0 unspecified atom stereocenters. The number of carboxylic acid groups (broad SMARTS) is 1. The highest BCUT2D eigenvalue weighted by atomic mass is 35.5. The maximum Gasteiger partial charge on any atom is 0.324 e. The first kappa shape index (κ1) is 25.2. The number of aromatic nitrogens is 1. The molecule has 0 spiro atoms. The first-order chi connectivity index (χ1) is 14.6. The minimum absolute atomic E-state index is 0. The van der Waals surface area contributed by atoms with Crippen molar-refractivity contribution in [1.29, 1.82) is 5.41 Å². The Morgan fingerprint density at radius 3 is 2.38 bits per heavy atom. The number of aryl methyl sites for hydroxylation is 1. The number of rotatable bonds is 9. The fourth-order valence-corrected chi connectivity index (χ4v) is 5.05. The summed E-state index contributed by atoms with van der Waals surface area (Å²) >= 11 is 0. The van der Waals surface area contributed by atoms with Crippen LogP contribution in [0.5, 0.6) is 0 Å². The molecule has 0 atom stereocenters. The van der Waals surface area contributed by atoms with Gasteiger partial charge < -0.3 is 15.4 Å². The van der Waals surface area contributed by atoms with Crippen molar-refractivity contribution in [2.45, 2.75) is 19.8 Å². The second kappa shape index (κ2) is 10.1. The van der Waals surface area contributed by atoms with E-state index < -0.39 is 22.5 Å². The predicted octanol–water partition coefficient (Wildman–Crippen LogP) is 3.11. The van der Waals surface area contributed by atoms with Crippen LogP contribution in [-0.4, -0.2) is 42.2 Å². The Balaban J connectivity index is 0.00000363. The zero-order valence-corrected chi connectivity index (χ0v) is 19.5. The van der Waals surface area contributed by atoms with E-state index in [1.807, 2.05) is 35.9 Å². The summed E-state index contributed by atoms with van der Waals surface area (Å²) in [4.78, 5) is 11.3. The van der Waals surface area contributed by atoms with Crippen LogP contribution in [0.4, 0.5) is 5.69 Å². The van der Waals surface area contributed by atoms with E-state index in [1.54, 1.807) is 31.2 Å². The lowest BCUT2D eigenvalue weighted by atomic mass is 10.1. The molecule has 172 valence electrons. The summed E-state index contributed by atoms with van der Waals surface area (Å²) in [5, 5.41) is 17.5. The van der Waals surface area contributed by atoms with Crippen LogP contribution in [-0.2, 0) is 28.3 Å². The normalized spacial score (nSPS) is 11.2. The maximum absolute atomic E-state index is 12.6. The predicted molar refractivity (Wildman–Crippen MR) is 129 cm³/mol. The van der Waals surface area contributed by atoms with Gasteiger partial charge in [-0.15, -0.1) is 12.4 Å². The van der Waals surface area contributed by atoms with E-state index in [0.29, 0.717) is 24.1 Å². The first-order valence-corrected chi connectivity index (χ1v) is 11.5. The van der Waals surface area contributed by atoms with Crippen LogP contribution in [0.15, 0.2) is 48.5 Å². The highest BCUT2D eigenvalue weighted by molar-refractivity contribution is 7.92. The number of nitrogens with one attached hydrogen (secondary N) is 1. The summed E-state index contributed by atoms with van der Waals surface area (Å²) in [5.41, 5.74) is 9.49. The Morgan fingerprint density at radius 1 is 1.16 bits per heavy atom. The van der Waals surface area contributed by atoms with E-state index in [4.69, 9.17) is 11.1 Å². The number of hydrogen-bond acceptors (Lipinski definition) is 4. The lowest BCUT2D eigenvalue weighted by Crippen LogP contribution is -2.37. The number of nitrogens with zero attached hydrogens (tertiary/aromatic N) is 2. The summed E-state index contributed by atoms with van der Waals surface area (Å²) in [6, 6.07) is 14.6. The zero-order valence-electron chi connectivity index (χ0n) is 17.9. The molecule has 0 aliphatic carbocycles. The van der Waals surface area contributed by atoms with Gasteiger partial charge in [0, 0.05) is 35.6 Å². The Kier molecular flexibility index (Phi) is 7.92. The molecular weight excluding hydrogens is 452 g/mol. The van der Waals surface area contributed by atoms with Crippen molar-refractivity contribution in [3.05, 3.63) is 65.4 Å². The summed E-state index contributed by atoms with van der Waals surface area (Å²) in [6.07, 6.45) is 1.05. The number of amidine groups is 1. The van der Waals surface area contributed by atoms with Gasteiger partial charge in [0.2, 0.25) is 10.0 Å². The molecule has 8 nitrogen and oxygen atoms in total. The first-order valence-electron chi connectivity index (χ1n) is 9.86. The van der Waals surface area contributed by atoms with Gasteiger partial charge >= 0.3 is 5.97 Å². The van der Waals surface area contributed by atoms with Crippen molar-refractivity contribution in [1.82, 2.24) is 4.57 Å². The van der Waals surface area contributed by atoms with Gasteiger partial charge in [-0.3, -0.25) is 14.5 Å². The highest BCUT2D eigenvalue weighted by Gasteiger charge is 2.24. The van der Waals surface area contributed by atoms with Gasteiger partial charge in [-0.05, 0) is 36.2 Å². The van der Waals surface area contributed by atoms with Crippen molar-refractivity contribution in [3.63, 3.8) is 0 Å². The second-order valence-corrected chi connectivity index (χ2v) is 9.45. The molecular formula is C22H27ClN4O4S. The Morgan fingerprint density at radius 2 is 1.81 bits per heavy atom.